The molecule has 0 aliphatic heterocycles. The molecule has 108 valence electrons. The molecule has 1 unspecified atom stereocenters. The van der Waals surface area contributed by atoms with E-state index in [1.807, 2.05) is 18.5 Å². The van der Waals surface area contributed by atoms with Gasteiger partial charge in [0.25, 0.3) is 0 Å². The van der Waals surface area contributed by atoms with Gasteiger partial charge in [0.15, 0.2) is 0 Å². The Hall–Kier alpha value is -1.30. The Balaban J connectivity index is 2.46. The van der Waals surface area contributed by atoms with Gasteiger partial charge in [-0.05, 0) is 20.0 Å². The van der Waals surface area contributed by atoms with Crippen LogP contribution in [-0.2, 0) is 0 Å². The van der Waals surface area contributed by atoms with E-state index >= 15 is 0 Å². The average Bonchev–Trinajstić information content (AvgIpc) is 2.95. The van der Waals surface area contributed by atoms with Crippen molar-refractivity contribution < 1.29 is 9.47 Å². The normalized spacial score (nSPS) is 12.2. The highest BCUT2D eigenvalue weighted by atomic mass is 35.5. The van der Waals surface area contributed by atoms with Crippen LogP contribution in [0.2, 0.25) is 5.02 Å². The maximum Gasteiger partial charge on any atom is 0.141 e. The fourth-order valence-corrected chi connectivity index (χ4v) is 2.92. The fourth-order valence-electron chi connectivity index (χ4n) is 1.79. The van der Waals surface area contributed by atoms with E-state index in [1.165, 1.54) is 0 Å². The topological polar surface area (TPSA) is 43.4 Å². The van der Waals surface area contributed by atoms with Crippen LogP contribution < -0.4 is 14.8 Å². The molecule has 0 aliphatic rings. The highest BCUT2D eigenvalue weighted by Crippen LogP contribution is 2.39. The molecule has 0 amide bonds. The quantitative estimate of drug-likeness (QED) is 0.913. The molecule has 0 radical (unpaired) electrons. The van der Waals surface area contributed by atoms with Gasteiger partial charge in [0.2, 0.25) is 0 Å². The first-order valence-electron chi connectivity index (χ1n) is 6.15. The minimum Gasteiger partial charge on any atom is -0.496 e. The molecule has 0 aliphatic carbocycles. The van der Waals surface area contributed by atoms with E-state index in [-0.39, 0.29) is 6.04 Å². The van der Waals surface area contributed by atoms with Gasteiger partial charge in [0.1, 0.15) is 16.5 Å². The van der Waals surface area contributed by atoms with E-state index < -0.39 is 0 Å². The number of benzene rings is 1. The molecule has 1 heterocycles. The smallest absolute Gasteiger partial charge is 0.141 e. The van der Waals surface area contributed by atoms with Gasteiger partial charge in [0, 0.05) is 17.0 Å². The Morgan fingerprint density at radius 3 is 2.55 bits per heavy atom. The van der Waals surface area contributed by atoms with Crippen LogP contribution >= 0.6 is 22.9 Å². The Bertz CT molecular complexity index is 601. The summed E-state index contributed by atoms with van der Waals surface area (Å²) < 4.78 is 10.6. The van der Waals surface area contributed by atoms with Crippen molar-refractivity contribution in [3.63, 3.8) is 0 Å². The van der Waals surface area contributed by atoms with Crippen molar-refractivity contribution >= 4 is 22.9 Å². The van der Waals surface area contributed by atoms with Crippen LogP contribution in [-0.4, -0.2) is 26.3 Å². The first-order valence-corrected chi connectivity index (χ1v) is 7.41. The Morgan fingerprint density at radius 2 is 1.95 bits per heavy atom. The van der Waals surface area contributed by atoms with Gasteiger partial charge in [-0.1, -0.05) is 11.6 Å². The zero-order valence-electron chi connectivity index (χ0n) is 11.9. The van der Waals surface area contributed by atoms with Crippen molar-refractivity contribution in [2.45, 2.75) is 13.0 Å². The monoisotopic (exact) mass is 312 g/mol. The van der Waals surface area contributed by atoms with Crippen molar-refractivity contribution in [2.75, 3.05) is 21.3 Å². The Morgan fingerprint density at radius 1 is 1.25 bits per heavy atom. The summed E-state index contributed by atoms with van der Waals surface area (Å²) in [6, 6.07) is 3.81. The van der Waals surface area contributed by atoms with Gasteiger partial charge in [0.05, 0.1) is 31.0 Å². The van der Waals surface area contributed by atoms with Gasteiger partial charge in [-0.3, -0.25) is 0 Å². The SMILES string of the molecule is CNC(C)c1nc(-c2cc(Cl)c(OC)cc2OC)cs1. The number of hydrogen-bond acceptors (Lipinski definition) is 5. The highest BCUT2D eigenvalue weighted by Gasteiger charge is 2.15. The lowest BCUT2D eigenvalue weighted by molar-refractivity contribution is 0.395. The number of hydrogen-bond donors (Lipinski definition) is 1. The number of thiazole rings is 1. The maximum atomic E-state index is 6.19. The molecule has 0 fully saturated rings. The Kier molecular flexibility index (Phi) is 4.86. The molecular formula is C14H17ClN2O2S. The molecule has 1 aromatic carbocycles. The van der Waals surface area contributed by atoms with Crippen molar-refractivity contribution in [3.05, 3.63) is 27.5 Å². The molecule has 1 atom stereocenters. The minimum atomic E-state index is 0.216. The average molecular weight is 313 g/mol. The van der Waals surface area contributed by atoms with Crippen LogP contribution in [0.15, 0.2) is 17.5 Å². The van der Waals surface area contributed by atoms with Crippen molar-refractivity contribution in [1.29, 1.82) is 0 Å². The van der Waals surface area contributed by atoms with Gasteiger partial charge < -0.3 is 14.8 Å². The van der Waals surface area contributed by atoms with E-state index in [2.05, 4.69) is 17.2 Å². The number of methoxy groups -OCH3 is 2. The Labute approximate surface area is 127 Å². The summed E-state index contributed by atoms with van der Waals surface area (Å²) in [5.74, 6) is 1.28. The lowest BCUT2D eigenvalue weighted by Crippen LogP contribution is -2.11. The predicted molar refractivity (Wildman–Crippen MR) is 83.1 cm³/mol. The largest absolute Gasteiger partial charge is 0.496 e. The second-order valence-corrected chi connectivity index (χ2v) is 5.57. The number of nitrogens with one attached hydrogen (secondary N) is 1. The molecule has 4 nitrogen and oxygen atoms in total. The lowest BCUT2D eigenvalue weighted by atomic mass is 10.1. The van der Waals surface area contributed by atoms with Crippen LogP contribution in [0.25, 0.3) is 11.3 Å². The van der Waals surface area contributed by atoms with Crippen LogP contribution in [0.4, 0.5) is 0 Å². The van der Waals surface area contributed by atoms with Crippen molar-refractivity contribution in [3.8, 4) is 22.8 Å². The first-order chi connectivity index (χ1) is 9.60. The number of aromatic nitrogens is 1. The number of ether oxygens (including phenoxy) is 2. The molecule has 0 saturated carbocycles. The van der Waals surface area contributed by atoms with E-state index in [4.69, 9.17) is 21.1 Å². The molecule has 2 rings (SSSR count). The van der Waals surface area contributed by atoms with Gasteiger partial charge in [-0.15, -0.1) is 11.3 Å². The molecule has 0 spiro atoms. The zero-order valence-corrected chi connectivity index (χ0v) is 13.4. The van der Waals surface area contributed by atoms with E-state index in [1.54, 1.807) is 31.6 Å². The highest BCUT2D eigenvalue weighted by molar-refractivity contribution is 7.10. The third-order valence-electron chi connectivity index (χ3n) is 3.08. The molecule has 1 aromatic heterocycles. The predicted octanol–water partition coefficient (Wildman–Crippen LogP) is 3.76. The molecular weight excluding hydrogens is 296 g/mol. The number of nitrogens with zero attached hydrogens (tertiary/aromatic N) is 1. The number of halogens is 1. The molecule has 1 N–H and O–H groups in total. The van der Waals surface area contributed by atoms with E-state index in [9.17, 15) is 0 Å². The minimum absolute atomic E-state index is 0.216. The van der Waals surface area contributed by atoms with Crippen LogP contribution in [0.1, 0.15) is 18.0 Å². The molecule has 6 heteroatoms. The van der Waals surface area contributed by atoms with E-state index in [0.717, 1.165) is 16.3 Å². The third-order valence-corrected chi connectivity index (χ3v) is 4.40. The zero-order chi connectivity index (χ0) is 14.7. The third kappa shape index (κ3) is 2.90. The summed E-state index contributed by atoms with van der Waals surface area (Å²) in [7, 11) is 5.11. The van der Waals surface area contributed by atoms with Gasteiger partial charge in [-0.25, -0.2) is 4.98 Å². The first kappa shape index (κ1) is 15.1. The van der Waals surface area contributed by atoms with Crippen LogP contribution in [0.5, 0.6) is 11.5 Å². The molecule has 0 saturated heterocycles. The van der Waals surface area contributed by atoms with E-state index in [0.29, 0.717) is 16.5 Å². The molecule has 2 aromatic rings. The summed E-state index contributed by atoms with van der Waals surface area (Å²) in [5.41, 5.74) is 1.72. The van der Waals surface area contributed by atoms with Crippen molar-refractivity contribution in [2.24, 2.45) is 0 Å². The fraction of sp³-hybridized carbons (Fsp3) is 0.357. The van der Waals surface area contributed by atoms with Gasteiger partial charge in [-0.2, -0.15) is 0 Å². The van der Waals surface area contributed by atoms with Crippen molar-refractivity contribution in [1.82, 2.24) is 10.3 Å². The van der Waals surface area contributed by atoms with Gasteiger partial charge >= 0.3 is 0 Å². The second kappa shape index (κ2) is 6.43. The summed E-state index contributed by atoms with van der Waals surface area (Å²) in [4.78, 5) is 4.63. The standard InChI is InChI=1S/C14H17ClN2O2S/c1-8(16-2)14-17-11(7-20-14)9-5-10(15)13(19-4)6-12(9)18-3/h5-8,16H,1-4H3. The summed E-state index contributed by atoms with van der Waals surface area (Å²) in [6.45, 7) is 2.07. The molecule has 0 bridgehead atoms. The maximum absolute atomic E-state index is 6.19. The summed E-state index contributed by atoms with van der Waals surface area (Å²) in [6.07, 6.45) is 0. The van der Waals surface area contributed by atoms with Crippen LogP contribution in [0, 0.1) is 0 Å². The second-order valence-electron chi connectivity index (χ2n) is 4.27. The summed E-state index contributed by atoms with van der Waals surface area (Å²) in [5, 5.41) is 6.74. The molecule has 20 heavy (non-hydrogen) atoms. The van der Waals surface area contributed by atoms with Crippen LogP contribution in [0.3, 0.4) is 0 Å². The number of rotatable bonds is 5. The lowest BCUT2D eigenvalue weighted by Gasteiger charge is -2.10. The summed E-state index contributed by atoms with van der Waals surface area (Å²) >= 11 is 7.80.